The van der Waals surface area contributed by atoms with Gasteiger partial charge in [0, 0.05) is 35.4 Å². The highest BCUT2D eigenvalue weighted by molar-refractivity contribution is 7.91. The van der Waals surface area contributed by atoms with Crippen molar-refractivity contribution in [3.05, 3.63) is 28.6 Å². The molecule has 14 heteroatoms. The maximum atomic E-state index is 13.3. The first-order valence-corrected chi connectivity index (χ1v) is 16.9. The molecular formula is C26H33ClN4O6S3. The number of ether oxygens (including phenoxy) is 1. The van der Waals surface area contributed by atoms with Gasteiger partial charge in [-0.25, -0.2) is 8.42 Å². The minimum Gasteiger partial charge on any atom is -0.468 e. The molecule has 2 amide bonds. The van der Waals surface area contributed by atoms with Crippen molar-refractivity contribution in [2.75, 3.05) is 39.8 Å². The summed E-state index contributed by atoms with van der Waals surface area (Å²) in [6.45, 7) is 2.31. The minimum absolute atomic E-state index is 0.0294. The summed E-state index contributed by atoms with van der Waals surface area (Å²) in [7, 11) is -2.53. The van der Waals surface area contributed by atoms with E-state index in [-0.39, 0.29) is 40.6 Å². The zero-order valence-electron chi connectivity index (χ0n) is 22.2. The molecular weight excluding hydrogens is 596 g/mol. The van der Waals surface area contributed by atoms with Gasteiger partial charge in [-0.3, -0.25) is 19.3 Å². The van der Waals surface area contributed by atoms with Gasteiger partial charge in [-0.1, -0.05) is 11.6 Å². The number of methoxy groups -OCH3 is 1. The average molecular weight is 629 g/mol. The first kappa shape index (κ1) is 29.5. The lowest BCUT2D eigenvalue weighted by Crippen LogP contribution is -2.55. The first-order chi connectivity index (χ1) is 19.2. The van der Waals surface area contributed by atoms with Gasteiger partial charge >= 0.3 is 5.97 Å². The molecule has 2 aromatic rings. The van der Waals surface area contributed by atoms with E-state index in [2.05, 4.69) is 9.62 Å². The molecule has 0 aliphatic carbocycles. The van der Waals surface area contributed by atoms with Crippen LogP contribution in [0.1, 0.15) is 38.5 Å². The van der Waals surface area contributed by atoms with Gasteiger partial charge < -0.3 is 14.5 Å². The Labute approximate surface area is 247 Å². The minimum atomic E-state index is -3.92. The van der Waals surface area contributed by atoms with Crippen LogP contribution in [0.5, 0.6) is 0 Å². The molecule has 3 fully saturated rings. The lowest BCUT2D eigenvalue weighted by atomic mass is 10.1. The van der Waals surface area contributed by atoms with Gasteiger partial charge in [0.2, 0.25) is 11.8 Å². The number of halogens is 1. The molecule has 0 aromatic carbocycles. The molecule has 3 aliphatic rings. The number of thiophene rings is 2. The fourth-order valence-electron chi connectivity index (χ4n) is 5.82. The molecule has 0 radical (unpaired) electrons. The topological polar surface area (TPSA) is 116 Å². The summed E-state index contributed by atoms with van der Waals surface area (Å²) in [6, 6.07) is 5.64. The summed E-state index contributed by atoms with van der Waals surface area (Å²) in [5.41, 5.74) is 0. The van der Waals surface area contributed by atoms with Crippen LogP contribution in [0.3, 0.4) is 0 Å². The Bertz CT molecular complexity index is 1360. The van der Waals surface area contributed by atoms with Gasteiger partial charge in [0.15, 0.2) is 0 Å². The zero-order valence-corrected chi connectivity index (χ0v) is 25.4. The molecule has 5 rings (SSSR count). The van der Waals surface area contributed by atoms with Crippen molar-refractivity contribution in [1.82, 2.24) is 19.4 Å². The van der Waals surface area contributed by atoms with Crippen molar-refractivity contribution in [2.24, 2.45) is 0 Å². The largest absolute Gasteiger partial charge is 0.468 e. The van der Waals surface area contributed by atoms with Crippen molar-refractivity contribution in [1.29, 1.82) is 0 Å². The summed E-state index contributed by atoms with van der Waals surface area (Å²) >= 11 is 8.51. The number of carbonyl (C=O) groups excluding carboxylic acids is 3. The van der Waals surface area contributed by atoms with Gasteiger partial charge in [-0.15, -0.1) is 22.7 Å². The van der Waals surface area contributed by atoms with E-state index in [9.17, 15) is 22.8 Å². The Balaban J connectivity index is 1.19. The predicted molar refractivity (Wildman–Crippen MR) is 154 cm³/mol. The number of likely N-dealkylation sites (tertiary alicyclic amines) is 3. The van der Waals surface area contributed by atoms with Crippen LogP contribution in [0, 0.1) is 0 Å². The Morgan fingerprint density at radius 2 is 1.75 bits per heavy atom. The highest BCUT2D eigenvalue weighted by atomic mass is 35.5. The number of sulfonamides is 1. The Kier molecular flexibility index (Phi) is 9.17. The third-order valence-corrected chi connectivity index (χ3v) is 12.3. The van der Waals surface area contributed by atoms with E-state index < -0.39 is 16.1 Å². The van der Waals surface area contributed by atoms with Crippen molar-refractivity contribution < 1.29 is 27.5 Å². The van der Waals surface area contributed by atoms with Gasteiger partial charge in [0.1, 0.15) is 16.3 Å². The molecule has 3 atom stereocenters. The van der Waals surface area contributed by atoms with Gasteiger partial charge in [-0.05, 0) is 69.3 Å². The van der Waals surface area contributed by atoms with Gasteiger partial charge in [0.25, 0.3) is 10.0 Å². The van der Waals surface area contributed by atoms with Crippen LogP contribution in [0.15, 0.2) is 28.5 Å². The maximum absolute atomic E-state index is 13.3. The monoisotopic (exact) mass is 628 g/mol. The standard InChI is InChI=1S/C26H33ClN4O6S3/c1-37-26(34)19-7-4-12-29(19)15-17-5-2-14-31(17)23(32)16-30-13-3-6-18(25(30)33)28-40(35,36)24-11-9-21(39-24)20-8-10-22(27)38-20/h8-11,17-19,28H,2-7,12-16H2,1H3. The zero-order chi connectivity index (χ0) is 28.4. The molecule has 40 heavy (non-hydrogen) atoms. The summed E-state index contributed by atoms with van der Waals surface area (Å²) in [6.07, 6.45) is 4.33. The molecule has 3 saturated heterocycles. The third kappa shape index (κ3) is 6.39. The van der Waals surface area contributed by atoms with Crippen LogP contribution in [0.2, 0.25) is 4.34 Å². The van der Waals surface area contributed by atoms with E-state index in [4.69, 9.17) is 16.3 Å². The molecule has 5 heterocycles. The quantitative estimate of drug-likeness (QED) is 0.425. The van der Waals surface area contributed by atoms with Gasteiger partial charge in [-0.2, -0.15) is 4.72 Å². The molecule has 10 nitrogen and oxygen atoms in total. The first-order valence-electron chi connectivity index (χ1n) is 13.4. The predicted octanol–water partition coefficient (Wildman–Crippen LogP) is 3.03. The summed E-state index contributed by atoms with van der Waals surface area (Å²) < 4.78 is 34.5. The fraction of sp³-hybridized carbons (Fsp3) is 0.577. The van der Waals surface area contributed by atoms with Crippen molar-refractivity contribution in [3.8, 4) is 9.75 Å². The number of nitrogens with zero attached hydrogens (tertiary/aromatic N) is 3. The number of amides is 2. The molecule has 3 aliphatic heterocycles. The molecule has 0 bridgehead atoms. The Morgan fingerprint density at radius 1 is 1.02 bits per heavy atom. The highest BCUT2D eigenvalue weighted by Crippen LogP contribution is 2.37. The Hall–Kier alpha value is -2.03. The van der Waals surface area contributed by atoms with Crippen LogP contribution < -0.4 is 4.72 Å². The molecule has 218 valence electrons. The second-order valence-electron chi connectivity index (χ2n) is 10.4. The SMILES string of the molecule is COC(=O)C1CCCN1CC1CCCN1C(=O)CN1CCCC(NS(=O)(=O)c2ccc(-c3ccc(Cl)s3)s2)C1=O. The third-order valence-electron chi connectivity index (χ3n) is 7.80. The van der Waals surface area contributed by atoms with E-state index in [0.29, 0.717) is 36.8 Å². The second-order valence-corrected chi connectivity index (χ2v) is 15.1. The van der Waals surface area contributed by atoms with Crippen LogP contribution in [-0.2, 0) is 29.1 Å². The summed E-state index contributed by atoms with van der Waals surface area (Å²) in [5.74, 6) is -0.771. The molecule has 3 unspecified atom stereocenters. The van der Waals surface area contributed by atoms with Crippen molar-refractivity contribution in [3.63, 3.8) is 0 Å². The number of nitrogens with one attached hydrogen (secondary N) is 1. The summed E-state index contributed by atoms with van der Waals surface area (Å²) in [4.78, 5) is 45.8. The molecule has 0 spiro atoms. The number of esters is 1. The van der Waals surface area contributed by atoms with Crippen LogP contribution in [-0.4, -0.2) is 98.9 Å². The van der Waals surface area contributed by atoms with Crippen LogP contribution in [0.25, 0.3) is 9.75 Å². The van der Waals surface area contributed by atoms with E-state index in [1.165, 1.54) is 29.4 Å². The highest BCUT2D eigenvalue weighted by Gasteiger charge is 2.39. The van der Waals surface area contributed by atoms with Crippen LogP contribution >= 0.6 is 34.3 Å². The maximum Gasteiger partial charge on any atom is 0.323 e. The molecule has 2 aromatic heterocycles. The number of piperidine rings is 1. The van der Waals surface area contributed by atoms with E-state index in [1.54, 1.807) is 12.1 Å². The second kappa shape index (κ2) is 12.5. The smallest absolute Gasteiger partial charge is 0.323 e. The lowest BCUT2D eigenvalue weighted by Gasteiger charge is -2.35. The normalized spacial score (nSPS) is 24.1. The number of rotatable bonds is 9. The number of hydrogen-bond acceptors (Lipinski definition) is 9. The molecule has 0 saturated carbocycles. The summed E-state index contributed by atoms with van der Waals surface area (Å²) in [5, 5.41) is 0. The average Bonchev–Trinajstić information content (AvgIpc) is 3.73. The van der Waals surface area contributed by atoms with Gasteiger partial charge in [0.05, 0.1) is 18.0 Å². The molecule has 1 N–H and O–H groups in total. The Morgan fingerprint density at radius 3 is 2.50 bits per heavy atom. The van der Waals surface area contributed by atoms with Crippen molar-refractivity contribution >= 4 is 62.1 Å². The van der Waals surface area contributed by atoms with Crippen molar-refractivity contribution in [2.45, 2.75) is 60.9 Å². The van der Waals surface area contributed by atoms with E-state index in [1.807, 2.05) is 11.0 Å². The number of hydrogen-bond donors (Lipinski definition) is 1. The lowest BCUT2D eigenvalue weighted by molar-refractivity contribution is -0.146. The van der Waals surface area contributed by atoms with E-state index >= 15 is 0 Å². The van der Waals surface area contributed by atoms with E-state index in [0.717, 1.165) is 53.3 Å². The van der Waals surface area contributed by atoms with Crippen LogP contribution in [0.4, 0.5) is 0 Å². The fourth-order valence-corrected chi connectivity index (χ4v) is 9.50. The number of carbonyl (C=O) groups is 3.